The zero-order valence-electron chi connectivity index (χ0n) is 10.9. The highest BCUT2D eigenvalue weighted by molar-refractivity contribution is 5.82. The Morgan fingerprint density at radius 3 is 2.90 bits per heavy atom. The van der Waals surface area contributed by atoms with Crippen molar-refractivity contribution in [3.63, 3.8) is 0 Å². The van der Waals surface area contributed by atoms with Gasteiger partial charge in [0.05, 0.1) is 10.5 Å². The summed E-state index contributed by atoms with van der Waals surface area (Å²) in [6.07, 6.45) is 4.43. The Balaban J connectivity index is 2.22. The van der Waals surface area contributed by atoms with Gasteiger partial charge in [0.25, 0.3) is 5.69 Å². The van der Waals surface area contributed by atoms with Crippen LogP contribution >= 0.6 is 0 Å². The van der Waals surface area contributed by atoms with E-state index in [1.807, 2.05) is 19.1 Å². The molecular weight excluding hydrogens is 260 g/mol. The number of rotatable bonds is 2. The van der Waals surface area contributed by atoms with Crippen LogP contribution in [-0.2, 0) is 4.79 Å². The van der Waals surface area contributed by atoms with Crippen molar-refractivity contribution in [2.75, 3.05) is 5.32 Å². The summed E-state index contributed by atoms with van der Waals surface area (Å²) in [5.41, 5.74) is 2.10. The fourth-order valence-electron chi connectivity index (χ4n) is 3.24. The molecule has 0 aromatic heterocycles. The number of nitro groups is 1. The van der Waals surface area contributed by atoms with Crippen molar-refractivity contribution in [2.45, 2.75) is 25.3 Å². The molecule has 1 aliphatic heterocycles. The number of fused-ring (bicyclic) bond motifs is 3. The standard InChI is InChI=1S/C14H14N2O4/c1-7-5-6-10(16(19)20)11-8-3-2-4-9(8)13(14(17)18)15-12(7)11/h2-3,5-6,8-9,13,15H,4H2,1H3,(H,17,18)/t8-,9-,13-/m1/s1. The summed E-state index contributed by atoms with van der Waals surface area (Å²) in [6.45, 7) is 1.83. The molecular formula is C14H14N2O4. The summed E-state index contributed by atoms with van der Waals surface area (Å²) in [5, 5.41) is 23.6. The number of carboxylic acid groups (broad SMARTS) is 1. The Morgan fingerprint density at radius 1 is 1.50 bits per heavy atom. The van der Waals surface area contributed by atoms with Gasteiger partial charge in [-0.3, -0.25) is 10.1 Å². The molecule has 0 unspecified atom stereocenters. The fraction of sp³-hybridized carbons (Fsp3) is 0.357. The predicted octanol–water partition coefficient (Wildman–Crippen LogP) is 2.44. The number of hydrogen-bond donors (Lipinski definition) is 2. The maximum absolute atomic E-state index is 11.4. The maximum atomic E-state index is 11.4. The molecule has 20 heavy (non-hydrogen) atoms. The number of carboxylic acids is 1. The lowest BCUT2D eigenvalue weighted by molar-refractivity contribution is -0.385. The zero-order chi connectivity index (χ0) is 14.4. The van der Waals surface area contributed by atoms with E-state index in [0.717, 1.165) is 5.56 Å². The van der Waals surface area contributed by atoms with Gasteiger partial charge in [-0.1, -0.05) is 18.2 Å². The monoisotopic (exact) mass is 274 g/mol. The molecule has 0 radical (unpaired) electrons. The van der Waals surface area contributed by atoms with E-state index in [2.05, 4.69) is 5.32 Å². The number of allylic oxidation sites excluding steroid dienone is 2. The molecule has 1 aromatic carbocycles. The van der Waals surface area contributed by atoms with Crippen molar-refractivity contribution >= 4 is 17.3 Å². The summed E-state index contributed by atoms with van der Waals surface area (Å²) >= 11 is 0. The second kappa shape index (κ2) is 4.33. The summed E-state index contributed by atoms with van der Waals surface area (Å²) in [5.74, 6) is -1.28. The number of nitrogens with one attached hydrogen (secondary N) is 1. The van der Waals surface area contributed by atoms with Gasteiger partial charge < -0.3 is 10.4 Å². The summed E-state index contributed by atoms with van der Waals surface area (Å²) in [7, 11) is 0. The van der Waals surface area contributed by atoms with Crippen LogP contribution < -0.4 is 5.32 Å². The lowest BCUT2D eigenvalue weighted by Crippen LogP contribution is -2.42. The molecule has 0 amide bonds. The Labute approximate surface area is 115 Å². The van der Waals surface area contributed by atoms with Crippen molar-refractivity contribution in [2.24, 2.45) is 5.92 Å². The van der Waals surface area contributed by atoms with Gasteiger partial charge in [-0.15, -0.1) is 0 Å². The molecule has 6 heteroatoms. The number of aliphatic carboxylic acids is 1. The first-order valence-electron chi connectivity index (χ1n) is 6.44. The maximum Gasteiger partial charge on any atom is 0.326 e. The largest absolute Gasteiger partial charge is 0.480 e. The topological polar surface area (TPSA) is 92.5 Å². The van der Waals surface area contributed by atoms with Crippen molar-refractivity contribution in [3.05, 3.63) is 45.5 Å². The quantitative estimate of drug-likeness (QED) is 0.491. The third kappa shape index (κ3) is 1.68. The molecule has 0 fully saturated rings. The number of nitrogens with zero attached hydrogens (tertiary/aromatic N) is 1. The van der Waals surface area contributed by atoms with E-state index in [9.17, 15) is 20.0 Å². The summed E-state index contributed by atoms with van der Waals surface area (Å²) in [6, 6.07) is 2.45. The van der Waals surface area contributed by atoms with Crippen LogP contribution in [0.25, 0.3) is 0 Å². The number of benzene rings is 1. The lowest BCUT2D eigenvalue weighted by atomic mass is 9.78. The van der Waals surface area contributed by atoms with Crippen LogP contribution in [0.1, 0.15) is 23.5 Å². The molecule has 3 rings (SSSR count). The van der Waals surface area contributed by atoms with Gasteiger partial charge in [-0.2, -0.15) is 0 Å². The van der Waals surface area contributed by atoms with Crippen molar-refractivity contribution in [1.82, 2.24) is 0 Å². The number of nitro benzene ring substituents is 1. The Hall–Kier alpha value is -2.37. The first-order chi connectivity index (χ1) is 9.50. The number of hydrogen-bond acceptors (Lipinski definition) is 4. The zero-order valence-corrected chi connectivity index (χ0v) is 10.9. The molecule has 0 spiro atoms. The van der Waals surface area contributed by atoms with Gasteiger partial charge in [0.2, 0.25) is 0 Å². The van der Waals surface area contributed by atoms with Crippen LogP contribution in [0.15, 0.2) is 24.3 Å². The van der Waals surface area contributed by atoms with E-state index in [1.54, 1.807) is 6.07 Å². The molecule has 0 bridgehead atoms. The summed E-state index contributed by atoms with van der Waals surface area (Å²) < 4.78 is 0. The molecule has 104 valence electrons. The van der Waals surface area contributed by atoms with E-state index >= 15 is 0 Å². The third-order valence-corrected chi connectivity index (χ3v) is 4.17. The highest BCUT2D eigenvalue weighted by Gasteiger charge is 2.44. The average Bonchev–Trinajstić information content (AvgIpc) is 2.86. The highest BCUT2D eigenvalue weighted by atomic mass is 16.6. The molecule has 1 aromatic rings. The van der Waals surface area contributed by atoms with Crippen molar-refractivity contribution in [3.8, 4) is 0 Å². The SMILES string of the molecule is Cc1ccc([N+](=O)[O-])c2c1N[C@@H](C(=O)O)[C@@H]1CC=C[C@@H]21. The van der Waals surface area contributed by atoms with Crippen LogP contribution in [0.4, 0.5) is 11.4 Å². The van der Waals surface area contributed by atoms with Crippen molar-refractivity contribution in [1.29, 1.82) is 0 Å². The van der Waals surface area contributed by atoms with Gasteiger partial charge in [-0.05, 0) is 18.9 Å². The van der Waals surface area contributed by atoms with Crippen LogP contribution in [-0.4, -0.2) is 22.0 Å². The normalized spacial score (nSPS) is 26.6. The average molecular weight is 274 g/mol. The number of anilines is 1. The molecule has 1 heterocycles. The fourth-order valence-corrected chi connectivity index (χ4v) is 3.24. The van der Waals surface area contributed by atoms with Gasteiger partial charge in [0.1, 0.15) is 6.04 Å². The number of carbonyl (C=O) groups is 1. The molecule has 1 aliphatic carbocycles. The van der Waals surface area contributed by atoms with Gasteiger partial charge in [-0.25, -0.2) is 4.79 Å². The van der Waals surface area contributed by atoms with E-state index in [1.165, 1.54) is 6.07 Å². The van der Waals surface area contributed by atoms with E-state index in [-0.39, 0.29) is 17.5 Å². The van der Waals surface area contributed by atoms with Crippen LogP contribution in [0.5, 0.6) is 0 Å². The number of aryl methyl sites for hydroxylation is 1. The highest BCUT2D eigenvalue weighted by Crippen LogP contribution is 2.49. The molecule has 3 atom stereocenters. The Bertz CT molecular complexity index is 638. The van der Waals surface area contributed by atoms with Crippen LogP contribution in [0, 0.1) is 23.0 Å². The van der Waals surface area contributed by atoms with E-state index in [0.29, 0.717) is 17.7 Å². The second-order valence-corrected chi connectivity index (χ2v) is 5.26. The molecule has 0 saturated heterocycles. The van der Waals surface area contributed by atoms with Gasteiger partial charge in [0.15, 0.2) is 0 Å². The smallest absolute Gasteiger partial charge is 0.326 e. The minimum absolute atomic E-state index is 0.0588. The predicted molar refractivity (Wildman–Crippen MR) is 72.9 cm³/mol. The molecule has 2 aliphatic rings. The Kier molecular flexibility index (Phi) is 2.74. The molecule has 6 nitrogen and oxygen atoms in total. The third-order valence-electron chi connectivity index (χ3n) is 4.17. The van der Waals surface area contributed by atoms with Gasteiger partial charge >= 0.3 is 5.97 Å². The Morgan fingerprint density at radius 2 is 2.25 bits per heavy atom. The minimum atomic E-state index is -0.916. The minimum Gasteiger partial charge on any atom is -0.480 e. The van der Waals surface area contributed by atoms with Crippen molar-refractivity contribution < 1.29 is 14.8 Å². The van der Waals surface area contributed by atoms with Crippen LogP contribution in [0.3, 0.4) is 0 Å². The van der Waals surface area contributed by atoms with Crippen LogP contribution in [0.2, 0.25) is 0 Å². The first-order valence-corrected chi connectivity index (χ1v) is 6.44. The summed E-state index contributed by atoms with van der Waals surface area (Å²) in [4.78, 5) is 22.2. The lowest BCUT2D eigenvalue weighted by Gasteiger charge is -2.35. The van der Waals surface area contributed by atoms with E-state index in [4.69, 9.17) is 0 Å². The van der Waals surface area contributed by atoms with E-state index < -0.39 is 16.9 Å². The second-order valence-electron chi connectivity index (χ2n) is 5.26. The molecule has 0 saturated carbocycles. The first kappa shape index (κ1) is 12.7. The molecule has 2 N–H and O–H groups in total. The van der Waals surface area contributed by atoms with Gasteiger partial charge in [0, 0.05) is 23.6 Å².